The number of fused-ring (bicyclic) bond motifs is 1. The number of para-hydroxylation sites is 3. The van der Waals surface area contributed by atoms with Crippen molar-refractivity contribution in [3.8, 4) is 0 Å². The fourth-order valence-electron chi connectivity index (χ4n) is 2.81. The van der Waals surface area contributed by atoms with Crippen LogP contribution in [0.3, 0.4) is 0 Å². The van der Waals surface area contributed by atoms with Crippen LogP contribution < -0.4 is 5.32 Å². The Balaban J connectivity index is 1.68. The van der Waals surface area contributed by atoms with E-state index in [0.717, 1.165) is 29.1 Å². The van der Waals surface area contributed by atoms with Crippen LogP contribution in [0.25, 0.3) is 11.0 Å². The van der Waals surface area contributed by atoms with Gasteiger partial charge in [0.05, 0.1) is 34.8 Å². The minimum Gasteiger partial charge on any atom is -0.375 e. The molecule has 0 bridgehead atoms. The molecule has 0 aliphatic carbocycles. The summed E-state index contributed by atoms with van der Waals surface area (Å²) >= 11 is 6.10. The fourth-order valence-corrected chi connectivity index (χ4v) is 3.01. The van der Waals surface area contributed by atoms with E-state index in [9.17, 15) is 4.79 Å². The minimum absolute atomic E-state index is 0.0189. The Bertz CT molecular complexity index is 890. The van der Waals surface area contributed by atoms with Gasteiger partial charge in [-0.1, -0.05) is 35.9 Å². The van der Waals surface area contributed by atoms with Crippen molar-refractivity contribution in [1.29, 1.82) is 0 Å². The molecule has 1 aromatic heterocycles. The Morgan fingerprint density at radius 3 is 2.68 bits per heavy atom. The number of halogens is 1. The lowest BCUT2D eigenvalue weighted by molar-refractivity contribution is -0.128. The average Bonchev–Trinajstić information content (AvgIpc) is 2.97. The van der Waals surface area contributed by atoms with Crippen LogP contribution in [0.4, 0.5) is 5.69 Å². The molecule has 0 saturated heterocycles. The lowest BCUT2D eigenvalue weighted by Gasteiger charge is -2.18. The summed E-state index contributed by atoms with van der Waals surface area (Å²) < 4.78 is 2.14. The Morgan fingerprint density at radius 1 is 1.20 bits per heavy atom. The van der Waals surface area contributed by atoms with Crippen molar-refractivity contribution >= 4 is 34.2 Å². The molecule has 0 atom stereocenters. The van der Waals surface area contributed by atoms with Crippen LogP contribution in [0.1, 0.15) is 12.7 Å². The van der Waals surface area contributed by atoms with Crippen LogP contribution in [-0.4, -0.2) is 34.0 Å². The molecule has 0 aliphatic rings. The number of imidazole rings is 1. The maximum atomic E-state index is 12.4. The van der Waals surface area contributed by atoms with Crippen molar-refractivity contribution in [3.05, 3.63) is 59.4 Å². The van der Waals surface area contributed by atoms with Crippen LogP contribution in [-0.2, 0) is 17.9 Å². The summed E-state index contributed by atoms with van der Waals surface area (Å²) in [5.41, 5.74) is 2.80. The summed E-state index contributed by atoms with van der Waals surface area (Å²) in [4.78, 5) is 18.8. The first-order valence-electron chi connectivity index (χ1n) is 8.26. The van der Waals surface area contributed by atoms with E-state index in [0.29, 0.717) is 11.6 Å². The van der Waals surface area contributed by atoms with Crippen LogP contribution in [0.2, 0.25) is 5.02 Å². The maximum Gasteiger partial charge on any atom is 0.242 e. The Morgan fingerprint density at radius 2 is 1.92 bits per heavy atom. The molecule has 0 unspecified atom stereocenters. The third kappa shape index (κ3) is 3.77. The molecule has 0 aliphatic heterocycles. The fraction of sp³-hybridized carbons (Fsp3) is 0.263. The van der Waals surface area contributed by atoms with E-state index in [1.807, 2.05) is 36.4 Å². The number of rotatable bonds is 6. The van der Waals surface area contributed by atoms with Gasteiger partial charge < -0.3 is 14.8 Å². The van der Waals surface area contributed by atoms with Gasteiger partial charge >= 0.3 is 0 Å². The van der Waals surface area contributed by atoms with E-state index in [-0.39, 0.29) is 12.5 Å². The summed E-state index contributed by atoms with van der Waals surface area (Å²) in [6.07, 6.45) is 0. The summed E-state index contributed by atoms with van der Waals surface area (Å²) in [6.45, 7) is 3.55. The number of hydrogen-bond acceptors (Lipinski definition) is 3. The Kier molecular flexibility index (Phi) is 5.24. The number of likely N-dealkylation sites (N-methyl/N-ethyl adjacent to an activating group) is 1. The van der Waals surface area contributed by atoms with E-state index in [1.54, 1.807) is 18.0 Å². The summed E-state index contributed by atoms with van der Waals surface area (Å²) in [5, 5.41) is 3.69. The van der Waals surface area contributed by atoms with Gasteiger partial charge in [0.2, 0.25) is 5.91 Å². The third-order valence-corrected chi connectivity index (χ3v) is 4.49. The molecular weight excluding hydrogens is 336 g/mol. The van der Waals surface area contributed by atoms with Crippen LogP contribution >= 0.6 is 11.6 Å². The van der Waals surface area contributed by atoms with Gasteiger partial charge in [-0.2, -0.15) is 0 Å². The summed E-state index contributed by atoms with van der Waals surface area (Å²) in [6, 6.07) is 15.4. The van der Waals surface area contributed by atoms with E-state index in [2.05, 4.69) is 27.9 Å². The van der Waals surface area contributed by atoms with Crippen LogP contribution in [0.15, 0.2) is 48.5 Å². The smallest absolute Gasteiger partial charge is 0.242 e. The normalized spacial score (nSPS) is 10.8. The van der Waals surface area contributed by atoms with Crippen LogP contribution in [0, 0.1) is 0 Å². The quantitative estimate of drug-likeness (QED) is 0.731. The Hall–Kier alpha value is -2.53. The van der Waals surface area contributed by atoms with Gasteiger partial charge in [0.25, 0.3) is 0 Å². The molecule has 3 rings (SSSR count). The topological polar surface area (TPSA) is 50.2 Å². The molecule has 2 aromatic carbocycles. The molecule has 3 aromatic rings. The highest BCUT2D eigenvalue weighted by atomic mass is 35.5. The predicted molar refractivity (Wildman–Crippen MR) is 102 cm³/mol. The summed E-state index contributed by atoms with van der Waals surface area (Å²) in [7, 11) is 1.79. The van der Waals surface area contributed by atoms with Gasteiger partial charge in [-0.05, 0) is 31.2 Å². The third-order valence-electron chi connectivity index (χ3n) is 4.16. The number of nitrogens with zero attached hydrogens (tertiary/aromatic N) is 3. The zero-order valence-electron chi connectivity index (χ0n) is 14.4. The van der Waals surface area contributed by atoms with Crippen molar-refractivity contribution in [3.63, 3.8) is 0 Å². The largest absolute Gasteiger partial charge is 0.375 e. The average molecular weight is 357 g/mol. The first kappa shape index (κ1) is 17.3. The number of nitrogens with one attached hydrogen (secondary N) is 1. The molecule has 0 fully saturated rings. The van der Waals surface area contributed by atoms with E-state index in [1.165, 1.54) is 0 Å². The molecular formula is C19H21ClN4O. The first-order valence-corrected chi connectivity index (χ1v) is 8.64. The molecule has 0 spiro atoms. The molecule has 5 nitrogen and oxygen atoms in total. The predicted octanol–water partition coefficient (Wildman–Crippen LogP) is 3.78. The number of aromatic nitrogens is 2. The molecule has 1 heterocycles. The number of amides is 1. The van der Waals surface area contributed by atoms with Gasteiger partial charge in [0, 0.05) is 13.6 Å². The van der Waals surface area contributed by atoms with Gasteiger partial charge in [-0.3, -0.25) is 4.79 Å². The van der Waals surface area contributed by atoms with Crippen molar-refractivity contribution in [2.75, 3.05) is 18.9 Å². The number of benzene rings is 2. The zero-order valence-corrected chi connectivity index (χ0v) is 15.1. The molecule has 6 heteroatoms. The number of carbonyl (C=O) groups excluding carboxylic acids is 1. The lowest BCUT2D eigenvalue weighted by Crippen LogP contribution is -2.32. The summed E-state index contributed by atoms with van der Waals surface area (Å²) in [5.74, 6) is 0.868. The second-order valence-electron chi connectivity index (χ2n) is 5.84. The van der Waals surface area contributed by atoms with E-state index < -0.39 is 0 Å². The van der Waals surface area contributed by atoms with Crippen molar-refractivity contribution in [1.82, 2.24) is 14.5 Å². The number of hydrogen-bond donors (Lipinski definition) is 1. The van der Waals surface area contributed by atoms with E-state index >= 15 is 0 Å². The molecule has 130 valence electrons. The van der Waals surface area contributed by atoms with Gasteiger partial charge in [0.1, 0.15) is 5.82 Å². The molecule has 1 amide bonds. The Labute approximate surface area is 152 Å². The van der Waals surface area contributed by atoms with Gasteiger partial charge in [-0.15, -0.1) is 0 Å². The zero-order chi connectivity index (χ0) is 17.8. The van der Waals surface area contributed by atoms with Crippen LogP contribution in [0.5, 0.6) is 0 Å². The number of anilines is 1. The first-order chi connectivity index (χ1) is 12.1. The van der Waals surface area contributed by atoms with Crippen molar-refractivity contribution in [2.24, 2.45) is 0 Å². The number of carbonyl (C=O) groups is 1. The second-order valence-corrected chi connectivity index (χ2v) is 6.25. The SMILES string of the molecule is CCn1c(CN(C)C(=O)CNc2ccccc2Cl)nc2ccccc21. The highest BCUT2D eigenvalue weighted by Gasteiger charge is 2.15. The van der Waals surface area contributed by atoms with E-state index in [4.69, 9.17) is 11.6 Å². The molecule has 25 heavy (non-hydrogen) atoms. The molecule has 1 N–H and O–H groups in total. The van der Waals surface area contributed by atoms with Crippen molar-refractivity contribution in [2.45, 2.75) is 20.0 Å². The van der Waals surface area contributed by atoms with Gasteiger partial charge in [0.15, 0.2) is 0 Å². The maximum absolute atomic E-state index is 12.4. The molecule has 0 saturated carbocycles. The minimum atomic E-state index is -0.0189. The lowest BCUT2D eigenvalue weighted by atomic mass is 10.3. The number of aryl methyl sites for hydroxylation is 1. The second kappa shape index (κ2) is 7.57. The van der Waals surface area contributed by atoms with Gasteiger partial charge in [-0.25, -0.2) is 4.98 Å². The van der Waals surface area contributed by atoms with Crippen molar-refractivity contribution < 1.29 is 4.79 Å². The molecule has 0 radical (unpaired) electrons. The standard InChI is InChI=1S/C19H21ClN4O/c1-3-24-17-11-7-6-10-16(17)22-18(24)13-23(2)19(25)12-21-15-9-5-4-8-14(15)20/h4-11,21H,3,12-13H2,1-2H3. The highest BCUT2D eigenvalue weighted by molar-refractivity contribution is 6.33. The highest BCUT2D eigenvalue weighted by Crippen LogP contribution is 2.20. The monoisotopic (exact) mass is 356 g/mol.